The summed E-state index contributed by atoms with van der Waals surface area (Å²) in [6.45, 7) is 4.32. The van der Waals surface area contributed by atoms with Crippen LogP contribution in [0.1, 0.15) is 24.8 Å². The van der Waals surface area contributed by atoms with E-state index in [0.29, 0.717) is 0 Å². The van der Waals surface area contributed by atoms with Crippen molar-refractivity contribution in [2.45, 2.75) is 26.2 Å². The first-order chi connectivity index (χ1) is 9.29. The normalized spacial score (nSPS) is 10.8. The maximum atomic E-state index is 5.89. The third-order valence-electron chi connectivity index (χ3n) is 2.91. The highest BCUT2D eigenvalue weighted by Crippen LogP contribution is 2.23. The number of rotatable bonds is 7. The van der Waals surface area contributed by atoms with E-state index in [9.17, 15) is 0 Å². The number of benzene rings is 1. The Labute approximate surface area is 123 Å². The largest absolute Gasteiger partial charge is 0.316 e. The molecule has 1 aromatic heterocycles. The fraction of sp³-hybridized carbons (Fsp3) is 0.400. The van der Waals surface area contributed by atoms with Gasteiger partial charge in [0.25, 0.3) is 0 Å². The molecule has 1 N–H and O–H groups in total. The monoisotopic (exact) mass is 294 g/mol. The van der Waals surface area contributed by atoms with Crippen LogP contribution in [0.25, 0.3) is 11.3 Å². The molecule has 4 heteroatoms. The van der Waals surface area contributed by atoms with Crippen LogP contribution in [0.5, 0.6) is 0 Å². The van der Waals surface area contributed by atoms with Gasteiger partial charge in [-0.25, -0.2) is 4.98 Å². The molecule has 0 aliphatic heterocycles. The van der Waals surface area contributed by atoms with Crippen LogP contribution in [0.3, 0.4) is 0 Å². The fourth-order valence-electron chi connectivity index (χ4n) is 1.80. The lowest BCUT2D eigenvalue weighted by atomic mass is 10.2. The summed E-state index contributed by atoms with van der Waals surface area (Å²) in [5.74, 6) is 0. The van der Waals surface area contributed by atoms with Crippen LogP contribution >= 0.6 is 22.9 Å². The molecule has 0 bridgehead atoms. The van der Waals surface area contributed by atoms with Gasteiger partial charge in [0, 0.05) is 28.9 Å². The molecule has 0 spiro atoms. The van der Waals surface area contributed by atoms with Crippen LogP contribution in [-0.2, 0) is 6.42 Å². The molecule has 0 fully saturated rings. The molecule has 102 valence electrons. The van der Waals surface area contributed by atoms with Gasteiger partial charge in [-0.15, -0.1) is 11.3 Å². The van der Waals surface area contributed by atoms with Gasteiger partial charge in [0.1, 0.15) is 0 Å². The smallest absolute Gasteiger partial charge is 0.0945 e. The number of halogens is 1. The number of aromatic nitrogens is 1. The average molecular weight is 295 g/mol. The van der Waals surface area contributed by atoms with Crippen LogP contribution in [0.4, 0.5) is 0 Å². The zero-order chi connectivity index (χ0) is 13.5. The predicted octanol–water partition coefficient (Wildman–Crippen LogP) is 4.40. The van der Waals surface area contributed by atoms with Crippen molar-refractivity contribution in [3.63, 3.8) is 0 Å². The Balaban J connectivity index is 1.86. The lowest BCUT2D eigenvalue weighted by Crippen LogP contribution is -2.18. The van der Waals surface area contributed by atoms with E-state index in [0.717, 1.165) is 35.8 Å². The van der Waals surface area contributed by atoms with E-state index in [2.05, 4.69) is 22.6 Å². The van der Waals surface area contributed by atoms with Gasteiger partial charge < -0.3 is 5.32 Å². The first-order valence-electron chi connectivity index (χ1n) is 6.70. The molecule has 2 rings (SSSR count). The molecule has 2 nitrogen and oxygen atoms in total. The highest BCUT2D eigenvalue weighted by molar-refractivity contribution is 7.09. The lowest BCUT2D eigenvalue weighted by molar-refractivity contribution is 0.639. The van der Waals surface area contributed by atoms with Gasteiger partial charge in [0.15, 0.2) is 0 Å². The van der Waals surface area contributed by atoms with Gasteiger partial charge >= 0.3 is 0 Å². The van der Waals surface area contributed by atoms with Crippen molar-refractivity contribution in [3.05, 3.63) is 39.7 Å². The second-order valence-electron chi connectivity index (χ2n) is 4.49. The third kappa shape index (κ3) is 4.60. The number of nitrogens with one attached hydrogen (secondary N) is 1. The van der Waals surface area contributed by atoms with E-state index < -0.39 is 0 Å². The number of thiazole rings is 1. The molecule has 0 aliphatic rings. The summed E-state index contributed by atoms with van der Waals surface area (Å²) in [4.78, 5) is 4.66. The Morgan fingerprint density at radius 2 is 2.00 bits per heavy atom. The summed E-state index contributed by atoms with van der Waals surface area (Å²) in [6.07, 6.45) is 3.49. The Morgan fingerprint density at radius 1 is 1.21 bits per heavy atom. The van der Waals surface area contributed by atoms with E-state index >= 15 is 0 Å². The first-order valence-corrected chi connectivity index (χ1v) is 7.96. The summed E-state index contributed by atoms with van der Waals surface area (Å²) in [7, 11) is 0. The first kappa shape index (κ1) is 14.5. The zero-order valence-corrected chi connectivity index (χ0v) is 12.7. The van der Waals surface area contributed by atoms with Gasteiger partial charge in [0.2, 0.25) is 0 Å². The molecule has 0 saturated carbocycles. The number of nitrogens with zero attached hydrogens (tertiary/aromatic N) is 1. The molecule has 0 saturated heterocycles. The topological polar surface area (TPSA) is 24.9 Å². The highest BCUT2D eigenvalue weighted by Gasteiger charge is 2.04. The Bertz CT molecular complexity index is 493. The molecule has 0 radical (unpaired) electrons. The van der Waals surface area contributed by atoms with E-state index in [4.69, 9.17) is 11.6 Å². The lowest BCUT2D eigenvalue weighted by Gasteiger charge is -2.01. The fourth-order valence-corrected chi connectivity index (χ4v) is 2.73. The summed E-state index contributed by atoms with van der Waals surface area (Å²) < 4.78 is 0. The average Bonchev–Trinajstić information content (AvgIpc) is 2.88. The van der Waals surface area contributed by atoms with Gasteiger partial charge in [-0.1, -0.05) is 37.1 Å². The Hall–Kier alpha value is -0.900. The van der Waals surface area contributed by atoms with Crippen LogP contribution in [0.2, 0.25) is 5.02 Å². The minimum atomic E-state index is 0.763. The minimum absolute atomic E-state index is 0.763. The molecule has 2 aromatic rings. The Morgan fingerprint density at radius 3 is 2.74 bits per heavy atom. The third-order valence-corrected chi connectivity index (χ3v) is 4.08. The van der Waals surface area contributed by atoms with E-state index in [1.54, 1.807) is 11.3 Å². The molecule has 0 unspecified atom stereocenters. The molecule has 1 aromatic carbocycles. The molecular formula is C15H19ClN2S. The summed E-state index contributed by atoms with van der Waals surface area (Å²) >= 11 is 7.62. The second kappa shape index (κ2) is 7.63. The van der Waals surface area contributed by atoms with Crippen molar-refractivity contribution < 1.29 is 0 Å². The number of hydrogen-bond donors (Lipinski definition) is 1. The molecule has 19 heavy (non-hydrogen) atoms. The van der Waals surface area contributed by atoms with Crippen molar-refractivity contribution in [2.24, 2.45) is 0 Å². The van der Waals surface area contributed by atoms with Crippen LogP contribution in [0, 0.1) is 0 Å². The van der Waals surface area contributed by atoms with E-state index in [1.807, 2.05) is 24.3 Å². The number of hydrogen-bond acceptors (Lipinski definition) is 3. The minimum Gasteiger partial charge on any atom is -0.316 e. The predicted molar refractivity (Wildman–Crippen MR) is 84.0 cm³/mol. The highest BCUT2D eigenvalue weighted by atomic mass is 35.5. The van der Waals surface area contributed by atoms with Gasteiger partial charge in [-0.2, -0.15) is 0 Å². The van der Waals surface area contributed by atoms with Crippen molar-refractivity contribution >= 4 is 22.9 Å². The van der Waals surface area contributed by atoms with Crippen LogP contribution in [0.15, 0.2) is 29.6 Å². The zero-order valence-electron chi connectivity index (χ0n) is 11.2. The quantitative estimate of drug-likeness (QED) is 0.766. The molecule has 0 amide bonds. The summed E-state index contributed by atoms with van der Waals surface area (Å²) in [5.41, 5.74) is 2.18. The van der Waals surface area contributed by atoms with E-state index in [-0.39, 0.29) is 0 Å². The standard InChI is InChI=1S/C15H19ClN2S/c1-2-3-9-17-10-8-15-18-14(11-19-15)12-4-6-13(16)7-5-12/h4-7,11,17H,2-3,8-10H2,1H3. The SMILES string of the molecule is CCCCNCCc1nc(-c2ccc(Cl)cc2)cs1. The second-order valence-corrected chi connectivity index (χ2v) is 5.87. The molecule has 1 heterocycles. The van der Waals surface area contributed by atoms with Gasteiger partial charge in [0.05, 0.1) is 10.7 Å². The van der Waals surface area contributed by atoms with Crippen LogP contribution in [-0.4, -0.2) is 18.1 Å². The van der Waals surface area contributed by atoms with Gasteiger partial charge in [-0.05, 0) is 25.1 Å². The van der Waals surface area contributed by atoms with Crippen molar-refractivity contribution in [1.29, 1.82) is 0 Å². The Kier molecular flexibility index (Phi) is 5.83. The summed E-state index contributed by atoms with van der Waals surface area (Å²) in [5, 5.41) is 7.51. The van der Waals surface area contributed by atoms with Crippen molar-refractivity contribution in [2.75, 3.05) is 13.1 Å². The van der Waals surface area contributed by atoms with Crippen molar-refractivity contribution in [1.82, 2.24) is 10.3 Å². The summed E-state index contributed by atoms with van der Waals surface area (Å²) in [6, 6.07) is 7.84. The van der Waals surface area contributed by atoms with Crippen LogP contribution < -0.4 is 5.32 Å². The van der Waals surface area contributed by atoms with Gasteiger partial charge in [-0.3, -0.25) is 0 Å². The maximum absolute atomic E-state index is 5.89. The molecule has 0 aliphatic carbocycles. The molecular weight excluding hydrogens is 276 g/mol. The number of unbranched alkanes of at least 4 members (excludes halogenated alkanes) is 1. The molecule has 0 atom stereocenters. The van der Waals surface area contributed by atoms with E-state index in [1.165, 1.54) is 17.8 Å². The van der Waals surface area contributed by atoms with Crippen molar-refractivity contribution in [3.8, 4) is 11.3 Å². The maximum Gasteiger partial charge on any atom is 0.0945 e.